The molecule has 1 aromatic carbocycles. The molecule has 0 saturated carbocycles. The van der Waals surface area contributed by atoms with Gasteiger partial charge in [0.2, 0.25) is 11.8 Å². The number of benzene rings is 1. The summed E-state index contributed by atoms with van der Waals surface area (Å²) in [7, 11) is 3.35. The summed E-state index contributed by atoms with van der Waals surface area (Å²) < 4.78 is 13.0. The Morgan fingerprint density at radius 3 is 2.67 bits per heavy atom. The molecule has 4 heterocycles. The number of carbonyl (C=O) groups is 3. The molecule has 0 unspecified atom stereocenters. The Morgan fingerprint density at radius 2 is 1.87 bits per heavy atom. The van der Waals surface area contributed by atoms with E-state index in [1.54, 1.807) is 32.6 Å². The van der Waals surface area contributed by atoms with Gasteiger partial charge >= 0.3 is 0 Å². The molecule has 0 spiro atoms. The minimum Gasteiger partial charge on any atom is -0.492 e. The second kappa shape index (κ2) is 11.6. The fraction of sp³-hybridized carbons (Fsp3) is 0.379. The summed E-state index contributed by atoms with van der Waals surface area (Å²) in [6.07, 6.45) is 3.98. The van der Waals surface area contributed by atoms with E-state index < -0.39 is 5.92 Å². The first kappa shape index (κ1) is 26.3. The smallest absolute Gasteiger partial charge is 0.270 e. The van der Waals surface area contributed by atoms with Crippen LogP contribution in [0.3, 0.4) is 0 Å². The van der Waals surface area contributed by atoms with Crippen molar-refractivity contribution in [1.82, 2.24) is 24.7 Å². The molecule has 1 N–H and O–H groups in total. The number of carbonyl (C=O) groups excluding carboxylic acids is 3. The van der Waals surface area contributed by atoms with Gasteiger partial charge < -0.3 is 29.2 Å². The van der Waals surface area contributed by atoms with Crippen molar-refractivity contribution in [3.8, 4) is 11.6 Å². The van der Waals surface area contributed by atoms with E-state index in [4.69, 9.17) is 9.47 Å². The van der Waals surface area contributed by atoms with E-state index in [1.165, 1.54) is 13.3 Å². The van der Waals surface area contributed by atoms with Crippen molar-refractivity contribution in [1.29, 1.82) is 0 Å². The predicted molar refractivity (Wildman–Crippen MR) is 144 cm³/mol. The number of pyridine rings is 1. The van der Waals surface area contributed by atoms with E-state index in [0.717, 1.165) is 5.56 Å². The maximum Gasteiger partial charge on any atom is 0.270 e. The second-order valence-electron chi connectivity index (χ2n) is 9.87. The van der Waals surface area contributed by atoms with Crippen molar-refractivity contribution in [2.24, 2.45) is 13.0 Å². The Hall–Kier alpha value is -4.34. The molecule has 2 aliphatic rings. The number of nitrogens with zero attached hydrogens (tertiary/aromatic N) is 4. The van der Waals surface area contributed by atoms with Crippen LogP contribution in [0.4, 0.5) is 0 Å². The summed E-state index contributed by atoms with van der Waals surface area (Å²) in [6.45, 7) is 2.37. The minimum absolute atomic E-state index is 0.0731. The molecule has 0 aliphatic carbocycles. The molecule has 1 saturated heterocycles. The second-order valence-corrected chi connectivity index (χ2v) is 9.87. The molecule has 204 valence electrons. The summed E-state index contributed by atoms with van der Waals surface area (Å²) >= 11 is 0. The first-order valence-corrected chi connectivity index (χ1v) is 13.1. The van der Waals surface area contributed by atoms with Gasteiger partial charge in [-0.25, -0.2) is 4.98 Å². The third-order valence-electron chi connectivity index (χ3n) is 7.41. The van der Waals surface area contributed by atoms with Gasteiger partial charge in [0.1, 0.15) is 18.1 Å². The molecule has 2 aromatic heterocycles. The van der Waals surface area contributed by atoms with Crippen molar-refractivity contribution < 1.29 is 23.9 Å². The highest BCUT2D eigenvalue weighted by Crippen LogP contribution is 2.35. The fourth-order valence-electron chi connectivity index (χ4n) is 5.29. The van der Waals surface area contributed by atoms with Crippen molar-refractivity contribution in [3.63, 3.8) is 0 Å². The number of aryl methyl sites for hydroxylation is 1. The van der Waals surface area contributed by atoms with Crippen LogP contribution in [0.5, 0.6) is 11.6 Å². The Bertz CT molecular complexity index is 1360. The van der Waals surface area contributed by atoms with E-state index in [-0.39, 0.29) is 23.6 Å². The summed E-state index contributed by atoms with van der Waals surface area (Å²) in [4.78, 5) is 47.5. The number of hydrogen-bond acceptors (Lipinski definition) is 6. The molecular weight excluding hydrogens is 498 g/mol. The lowest BCUT2D eigenvalue weighted by Gasteiger charge is -2.25. The number of fused-ring (bicyclic) bond motifs is 4. The highest BCUT2D eigenvalue weighted by Gasteiger charge is 2.40. The third-order valence-corrected chi connectivity index (χ3v) is 7.41. The molecule has 10 heteroatoms. The number of rotatable bonds is 3. The number of likely N-dealkylation sites (tertiary alicyclic amines) is 1. The van der Waals surface area contributed by atoms with Gasteiger partial charge in [0, 0.05) is 63.2 Å². The maximum absolute atomic E-state index is 13.4. The van der Waals surface area contributed by atoms with Crippen molar-refractivity contribution in [2.75, 3.05) is 46.4 Å². The Labute approximate surface area is 227 Å². The minimum atomic E-state index is -0.419. The lowest BCUT2D eigenvalue weighted by molar-refractivity contribution is -0.124. The monoisotopic (exact) mass is 531 g/mol. The van der Waals surface area contributed by atoms with Gasteiger partial charge in [-0.3, -0.25) is 14.4 Å². The predicted octanol–water partition coefficient (Wildman–Crippen LogP) is 2.33. The molecular formula is C29H33N5O5. The van der Waals surface area contributed by atoms with E-state index in [2.05, 4.69) is 10.3 Å². The first-order chi connectivity index (χ1) is 18.9. The van der Waals surface area contributed by atoms with Crippen LogP contribution in [-0.2, 0) is 11.8 Å². The molecule has 1 fully saturated rings. The van der Waals surface area contributed by atoms with Crippen LogP contribution in [0.25, 0.3) is 0 Å². The largest absolute Gasteiger partial charge is 0.492 e. The Morgan fingerprint density at radius 1 is 1.03 bits per heavy atom. The normalized spacial score (nSPS) is 19.9. The molecule has 3 aromatic rings. The Kier molecular flexibility index (Phi) is 7.81. The standard InChI is InChI=1S/C29H33N5O5/c1-32-12-4-8-25(32)29(37)33-13-5-10-31-27(35)24-19-34(28(36)21-9-11-30-26(17-21)38-2)18-23(24)20-6-3-7-22(16-20)39-15-14-33/h3-4,6-9,11-12,16-17,23-24H,5,10,13-15,18-19H2,1-2H3,(H,31,35)/t23-,24+/m1/s1. The van der Waals surface area contributed by atoms with Gasteiger partial charge in [-0.1, -0.05) is 12.1 Å². The molecule has 10 nitrogen and oxygen atoms in total. The molecule has 3 amide bonds. The van der Waals surface area contributed by atoms with Crippen LogP contribution in [-0.4, -0.2) is 83.5 Å². The highest BCUT2D eigenvalue weighted by molar-refractivity contribution is 5.95. The topological polar surface area (TPSA) is 106 Å². The molecule has 2 bridgehead atoms. The SMILES string of the molecule is COc1cc(C(=O)N2C[C@@H]3C(=O)NCCCN(C(=O)c4cccn4C)CCOc4cccc(c4)[C@H]3C2)ccn1. The summed E-state index contributed by atoms with van der Waals surface area (Å²) in [5, 5.41) is 3.06. The van der Waals surface area contributed by atoms with Crippen LogP contribution in [0.2, 0.25) is 0 Å². The van der Waals surface area contributed by atoms with Gasteiger partial charge in [-0.2, -0.15) is 0 Å². The summed E-state index contributed by atoms with van der Waals surface area (Å²) in [6, 6.07) is 14.6. The zero-order valence-corrected chi connectivity index (χ0v) is 22.2. The summed E-state index contributed by atoms with van der Waals surface area (Å²) in [5.41, 5.74) is 2.00. The number of ether oxygens (including phenoxy) is 2. The van der Waals surface area contributed by atoms with Crippen LogP contribution < -0.4 is 14.8 Å². The van der Waals surface area contributed by atoms with Crippen LogP contribution in [0.15, 0.2) is 60.9 Å². The zero-order valence-electron chi connectivity index (χ0n) is 22.2. The first-order valence-electron chi connectivity index (χ1n) is 13.1. The van der Waals surface area contributed by atoms with Crippen LogP contribution in [0, 0.1) is 5.92 Å². The number of methoxy groups -OCH3 is 1. The number of hydrogen-bond donors (Lipinski definition) is 1. The van der Waals surface area contributed by atoms with Crippen molar-refractivity contribution in [3.05, 3.63) is 77.7 Å². The fourth-order valence-corrected chi connectivity index (χ4v) is 5.29. The number of nitrogens with one attached hydrogen (secondary N) is 1. The quantitative estimate of drug-likeness (QED) is 0.556. The molecule has 2 atom stereocenters. The lowest BCUT2D eigenvalue weighted by Crippen LogP contribution is -2.39. The maximum atomic E-state index is 13.4. The van der Waals surface area contributed by atoms with Crippen LogP contribution in [0.1, 0.15) is 38.7 Å². The highest BCUT2D eigenvalue weighted by atomic mass is 16.5. The van der Waals surface area contributed by atoms with Gasteiger partial charge in [0.25, 0.3) is 11.8 Å². The van der Waals surface area contributed by atoms with E-state index >= 15 is 0 Å². The van der Waals surface area contributed by atoms with Gasteiger partial charge in [-0.15, -0.1) is 0 Å². The number of amides is 3. The van der Waals surface area contributed by atoms with E-state index in [0.29, 0.717) is 68.6 Å². The number of aromatic nitrogens is 2. The van der Waals surface area contributed by atoms with Crippen molar-refractivity contribution in [2.45, 2.75) is 12.3 Å². The van der Waals surface area contributed by atoms with Gasteiger partial charge in [0.15, 0.2) is 0 Å². The van der Waals surface area contributed by atoms with E-state index in [9.17, 15) is 14.4 Å². The third kappa shape index (κ3) is 5.74. The average molecular weight is 532 g/mol. The molecule has 0 radical (unpaired) electrons. The lowest BCUT2D eigenvalue weighted by atomic mass is 9.88. The van der Waals surface area contributed by atoms with Gasteiger partial charge in [0.05, 0.1) is 19.6 Å². The zero-order chi connectivity index (χ0) is 27.4. The van der Waals surface area contributed by atoms with Gasteiger partial charge in [-0.05, 0) is 42.3 Å². The molecule has 39 heavy (non-hydrogen) atoms. The average Bonchev–Trinajstić information content (AvgIpc) is 3.60. The molecule has 2 aliphatic heterocycles. The summed E-state index contributed by atoms with van der Waals surface area (Å²) in [5.74, 6) is 0.0783. The van der Waals surface area contributed by atoms with E-state index in [1.807, 2.05) is 43.6 Å². The van der Waals surface area contributed by atoms with Crippen LogP contribution >= 0.6 is 0 Å². The molecule has 5 rings (SSSR count). The Balaban J connectivity index is 1.36. The van der Waals surface area contributed by atoms with Crippen molar-refractivity contribution >= 4 is 17.7 Å².